The number of hydrogen-bond donors (Lipinski definition) is 1. The van der Waals surface area contributed by atoms with E-state index in [1.807, 2.05) is 20.8 Å². The quantitative estimate of drug-likeness (QED) is 0.906. The standard InChI is InChI=1S/C18H28N2O2/c1-18(2,3)22-17(21)20(4)11-10-19-16-12-15(13-16)14-8-6-5-7-9-14/h5-9,15-16,19H,10-13H2,1-4H3. The van der Waals surface area contributed by atoms with Crippen molar-refractivity contribution in [2.45, 2.75) is 51.2 Å². The van der Waals surface area contributed by atoms with Gasteiger partial charge in [-0.3, -0.25) is 0 Å². The molecular weight excluding hydrogens is 276 g/mol. The van der Waals surface area contributed by atoms with Crippen LogP contribution in [0, 0.1) is 0 Å². The number of likely N-dealkylation sites (N-methyl/N-ethyl adjacent to an activating group) is 1. The van der Waals surface area contributed by atoms with E-state index in [1.54, 1.807) is 11.9 Å². The average Bonchev–Trinajstić information content (AvgIpc) is 2.40. The first-order valence-corrected chi connectivity index (χ1v) is 8.07. The summed E-state index contributed by atoms with van der Waals surface area (Å²) in [6.45, 7) is 7.13. The number of rotatable bonds is 5. The molecule has 22 heavy (non-hydrogen) atoms. The number of benzene rings is 1. The van der Waals surface area contributed by atoms with Gasteiger partial charge < -0.3 is 15.0 Å². The smallest absolute Gasteiger partial charge is 0.410 e. The molecule has 0 bridgehead atoms. The third-order valence-corrected chi connectivity index (χ3v) is 3.99. The van der Waals surface area contributed by atoms with Crippen molar-refractivity contribution in [3.63, 3.8) is 0 Å². The number of nitrogens with one attached hydrogen (secondary N) is 1. The van der Waals surface area contributed by atoms with E-state index in [9.17, 15) is 4.79 Å². The van der Waals surface area contributed by atoms with Crippen LogP contribution in [0.1, 0.15) is 45.1 Å². The Morgan fingerprint density at radius 1 is 1.27 bits per heavy atom. The maximum atomic E-state index is 11.8. The first-order chi connectivity index (χ1) is 10.3. The van der Waals surface area contributed by atoms with E-state index < -0.39 is 5.60 Å². The molecule has 1 aromatic rings. The monoisotopic (exact) mass is 304 g/mol. The molecule has 0 aliphatic heterocycles. The van der Waals surface area contributed by atoms with Crippen molar-refractivity contribution in [2.24, 2.45) is 0 Å². The summed E-state index contributed by atoms with van der Waals surface area (Å²) in [6, 6.07) is 11.2. The lowest BCUT2D eigenvalue weighted by molar-refractivity contribution is 0.0298. The molecule has 1 saturated carbocycles. The molecule has 1 aliphatic carbocycles. The van der Waals surface area contributed by atoms with Crippen LogP contribution in [0.3, 0.4) is 0 Å². The number of carbonyl (C=O) groups excluding carboxylic acids is 1. The van der Waals surface area contributed by atoms with Gasteiger partial charge >= 0.3 is 6.09 Å². The summed E-state index contributed by atoms with van der Waals surface area (Å²) in [5.74, 6) is 0.683. The van der Waals surface area contributed by atoms with Crippen molar-refractivity contribution >= 4 is 6.09 Å². The van der Waals surface area contributed by atoms with Gasteiger partial charge in [-0.1, -0.05) is 30.3 Å². The Labute approximate surface area is 133 Å². The normalized spacial score (nSPS) is 21.1. The summed E-state index contributed by atoms with van der Waals surface area (Å²) < 4.78 is 5.33. The van der Waals surface area contributed by atoms with Gasteiger partial charge in [0.05, 0.1) is 0 Å². The number of amides is 1. The van der Waals surface area contributed by atoms with Crippen LogP contribution in [0.25, 0.3) is 0 Å². The van der Waals surface area contributed by atoms with Crippen LogP contribution in [-0.4, -0.2) is 42.8 Å². The van der Waals surface area contributed by atoms with E-state index >= 15 is 0 Å². The Kier molecular flexibility index (Phi) is 5.46. The molecule has 1 amide bonds. The summed E-state index contributed by atoms with van der Waals surface area (Å²) in [5, 5.41) is 3.52. The molecule has 0 unspecified atom stereocenters. The largest absolute Gasteiger partial charge is 0.444 e. The lowest BCUT2D eigenvalue weighted by Gasteiger charge is -2.36. The molecule has 2 rings (SSSR count). The first kappa shape index (κ1) is 16.8. The van der Waals surface area contributed by atoms with Crippen LogP contribution in [-0.2, 0) is 4.74 Å². The van der Waals surface area contributed by atoms with E-state index in [4.69, 9.17) is 4.74 Å². The van der Waals surface area contributed by atoms with Crippen LogP contribution >= 0.6 is 0 Å². The fourth-order valence-corrected chi connectivity index (χ4v) is 2.65. The Morgan fingerprint density at radius 3 is 2.50 bits per heavy atom. The van der Waals surface area contributed by atoms with Gasteiger partial charge in [0, 0.05) is 26.2 Å². The molecule has 0 atom stereocenters. The summed E-state index contributed by atoms with van der Waals surface area (Å²) in [4.78, 5) is 13.5. The lowest BCUT2D eigenvalue weighted by atomic mass is 9.76. The van der Waals surface area contributed by atoms with Crippen LogP contribution in [0.2, 0.25) is 0 Å². The second-order valence-electron chi connectivity index (χ2n) is 7.13. The Hall–Kier alpha value is -1.55. The summed E-state index contributed by atoms with van der Waals surface area (Å²) in [6.07, 6.45) is 2.10. The van der Waals surface area contributed by atoms with Crippen molar-refractivity contribution in [3.05, 3.63) is 35.9 Å². The molecule has 4 nitrogen and oxygen atoms in total. The molecule has 1 fully saturated rings. The molecule has 0 heterocycles. The van der Waals surface area contributed by atoms with Gasteiger partial charge in [-0.25, -0.2) is 4.79 Å². The van der Waals surface area contributed by atoms with Crippen molar-refractivity contribution in [3.8, 4) is 0 Å². The van der Waals surface area contributed by atoms with Crippen molar-refractivity contribution in [1.82, 2.24) is 10.2 Å². The molecule has 1 N–H and O–H groups in total. The lowest BCUT2D eigenvalue weighted by Crippen LogP contribution is -2.44. The molecule has 122 valence electrons. The fraction of sp³-hybridized carbons (Fsp3) is 0.611. The fourth-order valence-electron chi connectivity index (χ4n) is 2.65. The van der Waals surface area contributed by atoms with E-state index in [-0.39, 0.29) is 6.09 Å². The molecule has 1 aliphatic rings. The van der Waals surface area contributed by atoms with Gasteiger partial charge in [0.25, 0.3) is 0 Å². The van der Waals surface area contributed by atoms with Crippen molar-refractivity contribution < 1.29 is 9.53 Å². The predicted molar refractivity (Wildman–Crippen MR) is 89.1 cm³/mol. The van der Waals surface area contributed by atoms with Gasteiger partial charge in [-0.05, 0) is 45.1 Å². The molecule has 1 aromatic carbocycles. The maximum Gasteiger partial charge on any atom is 0.410 e. The molecule has 0 radical (unpaired) electrons. The van der Waals surface area contributed by atoms with E-state index in [0.717, 1.165) is 6.54 Å². The number of carbonyl (C=O) groups is 1. The maximum absolute atomic E-state index is 11.8. The average molecular weight is 304 g/mol. The van der Waals surface area contributed by atoms with Gasteiger partial charge in [0.2, 0.25) is 0 Å². The number of hydrogen-bond acceptors (Lipinski definition) is 3. The predicted octanol–water partition coefficient (Wildman–Crippen LogP) is 3.39. The highest BCUT2D eigenvalue weighted by Crippen LogP contribution is 2.36. The minimum absolute atomic E-state index is 0.259. The second-order valence-corrected chi connectivity index (χ2v) is 7.13. The zero-order valence-electron chi connectivity index (χ0n) is 14.1. The van der Waals surface area contributed by atoms with Gasteiger partial charge in [0.15, 0.2) is 0 Å². The Morgan fingerprint density at radius 2 is 1.91 bits per heavy atom. The highest BCUT2D eigenvalue weighted by Gasteiger charge is 2.29. The Bertz CT molecular complexity index is 476. The number of ether oxygens (including phenoxy) is 1. The van der Waals surface area contributed by atoms with Crippen molar-refractivity contribution in [2.75, 3.05) is 20.1 Å². The summed E-state index contributed by atoms with van der Waals surface area (Å²) in [7, 11) is 1.78. The SMILES string of the molecule is CN(CCNC1CC(c2ccccc2)C1)C(=O)OC(C)(C)C. The highest BCUT2D eigenvalue weighted by molar-refractivity contribution is 5.67. The van der Waals surface area contributed by atoms with Crippen LogP contribution in [0.4, 0.5) is 4.79 Å². The topological polar surface area (TPSA) is 41.6 Å². The van der Waals surface area contributed by atoms with Gasteiger partial charge in [-0.2, -0.15) is 0 Å². The zero-order chi connectivity index (χ0) is 16.2. The zero-order valence-corrected chi connectivity index (χ0v) is 14.1. The van der Waals surface area contributed by atoms with Gasteiger partial charge in [-0.15, -0.1) is 0 Å². The third-order valence-electron chi connectivity index (χ3n) is 3.99. The van der Waals surface area contributed by atoms with Crippen LogP contribution < -0.4 is 5.32 Å². The van der Waals surface area contributed by atoms with E-state index in [1.165, 1.54) is 18.4 Å². The second kappa shape index (κ2) is 7.14. The molecule has 0 spiro atoms. The van der Waals surface area contributed by atoms with E-state index in [2.05, 4.69) is 35.6 Å². The van der Waals surface area contributed by atoms with Crippen LogP contribution in [0.15, 0.2) is 30.3 Å². The van der Waals surface area contributed by atoms with Crippen molar-refractivity contribution in [1.29, 1.82) is 0 Å². The third kappa shape index (κ3) is 5.02. The van der Waals surface area contributed by atoms with Gasteiger partial charge in [0.1, 0.15) is 5.60 Å². The highest BCUT2D eigenvalue weighted by atomic mass is 16.6. The summed E-state index contributed by atoms with van der Waals surface area (Å²) >= 11 is 0. The minimum Gasteiger partial charge on any atom is -0.444 e. The summed E-state index contributed by atoms with van der Waals surface area (Å²) in [5.41, 5.74) is 1.00. The van der Waals surface area contributed by atoms with Crippen LogP contribution in [0.5, 0.6) is 0 Å². The molecule has 0 saturated heterocycles. The minimum atomic E-state index is -0.435. The molecule has 0 aromatic heterocycles. The number of nitrogens with zero attached hydrogens (tertiary/aromatic N) is 1. The first-order valence-electron chi connectivity index (χ1n) is 8.07. The van der Waals surface area contributed by atoms with E-state index in [0.29, 0.717) is 18.5 Å². The molecule has 4 heteroatoms. The molecular formula is C18H28N2O2. The Balaban J connectivity index is 1.61.